The maximum absolute atomic E-state index is 14.1. The zero-order valence-corrected chi connectivity index (χ0v) is 41.7. The van der Waals surface area contributed by atoms with Crippen LogP contribution in [0.2, 0.25) is 0 Å². The molecule has 18 heteroatoms. The number of benzene rings is 3. The summed E-state index contributed by atoms with van der Waals surface area (Å²) in [6, 6.07) is 16.7. The molecule has 1 unspecified atom stereocenters. The van der Waals surface area contributed by atoms with Crippen LogP contribution in [0, 0.1) is 0 Å². The second-order valence-corrected chi connectivity index (χ2v) is 20.5. The van der Waals surface area contributed by atoms with Crippen molar-refractivity contribution in [2.45, 2.75) is 157 Å². The Balaban J connectivity index is 1.83. The largest absolute Gasteiger partial charge is 0.460 e. The van der Waals surface area contributed by atoms with Crippen LogP contribution in [-0.2, 0) is 51.2 Å². The molecule has 3 rings (SSSR count). The molecule has 3 amide bonds. The van der Waals surface area contributed by atoms with Crippen LogP contribution in [0.4, 0.5) is 20.1 Å². The van der Waals surface area contributed by atoms with E-state index in [1.165, 1.54) is 42.5 Å². The highest BCUT2D eigenvalue weighted by Gasteiger charge is 2.38. The average molecular weight is 947 g/mol. The van der Waals surface area contributed by atoms with Crippen LogP contribution in [0.1, 0.15) is 142 Å². The minimum absolute atomic E-state index is 0.145. The predicted molar refractivity (Wildman–Crippen MR) is 251 cm³/mol. The van der Waals surface area contributed by atoms with E-state index < -0.39 is 82.6 Å². The van der Waals surface area contributed by atoms with Gasteiger partial charge in [0.1, 0.15) is 46.4 Å². The predicted octanol–water partition coefficient (Wildman–Crippen LogP) is 9.48. The summed E-state index contributed by atoms with van der Waals surface area (Å²) in [6.07, 6.45) is -3.30. The van der Waals surface area contributed by atoms with E-state index in [9.17, 15) is 33.6 Å². The molecule has 0 radical (unpaired) electrons. The van der Waals surface area contributed by atoms with Crippen LogP contribution in [0.15, 0.2) is 77.8 Å². The molecule has 0 heterocycles. The number of esters is 4. The lowest BCUT2D eigenvalue weighted by Gasteiger charge is -2.32. The van der Waals surface area contributed by atoms with Crippen molar-refractivity contribution in [2.24, 2.45) is 4.99 Å². The number of nitrogens with zero attached hydrogens (tertiary/aromatic N) is 2. The Hall–Kier alpha value is -6.98. The van der Waals surface area contributed by atoms with Crippen molar-refractivity contribution in [3.8, 4) is 5.75 Å². The first kappa shape index (κ1) is 55.3. The maximum atomic E-state index is 14.1. The molecule has 0 spiro atoms. The van der Waals surface area contributed by atoms with Gasteiger partial charge in [0.15, 0.2) is 0 Å². The molecular formula is C50H66N4O14. The molecule has 2 N–H and O–H groups in total. The Morgan fingerprint density at radius 1 is 0.559 bits per heavy atom. The molecule has 3 aromatic rings. The van der Waals surface area contributed by atoms with Crippen LogP contribution >= 0.6 is 0 Å². The molecule has 0 bridgehead atoms. The average Bonchev–Trinajstić information content (AvgIpc) is 3.15. The number of hydrogen-bond donors (Lipinski definition) is 2. The van der Waals surface area contributed by atoms with Gasteiger partial charge in [-0.15, -0.1) is 0 Å². The normalized spacial score (nSPS) is 12.3. The second-order valence-electron chi connectivity index (χ2n) is 20.5. The monoisotopic (exact) mass is 946 g/mol. The van der Waals surface area contributed by atoms with Crippen LogP contribution in [-0.4, -0.2) is 87.1 Å². The molecule has 0 aliphatic carbocycles. The van der Waals surface area contributed by atoms with Crippen LogP contribution in [0.3, 0.4) is 0 Å². The number of aliphatic imine (C=N–C) groups is 1. The zero-order valence-electron chi connectivity index (χ0n) is 41.7. The fourth-order valence-corrected chi connectivity index (χ4v) is 5.60. The van der Waals surface area contributed by atoms with E-state index in [4.69, 9.17) is 33.2 Å². The number of rotatable bonds is 12. The Morgan fingerprint density at radius 2 is 1.07 bits per heavy atom. The molecule has 0 aliphatic heterocycles. The Labute approximate surface area is 398 Å². The topological polar surface area (TPSA) is 224 Å². The number of ether oxygens (including phenoxy) is 7. The second kappa shape index (κ2) is 22.7. The first-order chi connectivity index (χ1) is 31.1. The van der Waals surface area contributed by atoms with Crippen LogP contribution in [0.5, 0.6) is 5.75 Å². The first-order valence-corrected chi connectivity index (χ1v) is 21.8. The lowest BCUT2D eigenvalue weighted by Crippen LogP contribution is -2.48. The minimum atomic E-state index is -1.51. The summed E-state index contributed by atoms with van der Waals surface area (Å²) >= 11 is 0. The maximum Gasteiger partial charge on any atom is 0.414 e. The van der Waals surface area contributed by atoms with E-state index in [1.54, 1.807) is 134 Å². The Kier molecular flexibility index (Phi) is 18.5. The molecule has 370 valence electrons. The van der Waals surface area contributed by atoms with Gasteiger partial charge >= 0.3 is 42.2 Å². The lowest BCUT2D eigenvalue weighted by molar-refractivity contribution is -0.168. The summed E-state index contributed by atoms with van der Waals surface area (Å²) in [5.41, 5.74) is -2.84. The van der Waals surface area contributed by atoms with E-state index in [-0.39, 0.29) is 41.7 Å². The summed E-state index contributed by atoms with van der Waals surface area (Å²) in [4.78, 5) is 97.5. The lowest BCUT2D eigenvalue weighted by atomic mass is 10.1. The van der Waals surface area contributed by atoms with Crippen molar-refractivity contribution in [3.05, 3.63) is 95.1 Å². The highest BCUT2D eigenvalue weighted by Crippen LogP contribution is 2.23. The summed E-state index contributed by atoms with van der Waals surface area (Å²) in [7, 11) is 0. The summed E-state index contributed by atoms with van der Waals surface area (Å²) in [5.74, 6) is -3.09. The van der Waals surface area contributed by atoms with E-state index >= 15 is 0 Å². The summed E-state index contributed by atoms with van der Waals surface area (Å²) < 4.78 is 38.6. The highest BCUT2D eigenvalue weighted by atomic mass is 16.6. The first-order valence-electron chi connectivity index (χ1n) is 21.8. The number of guanidine groups is 1. The number of alkyl carbamates (subject to hydrolysis) is 2. The van der Waals surface area contributed by atoms with Crippen LogP contribution in [0.25, 0.3) is 0 Å². The molecule has 0 aliphatic rings. The van der Waals surface area contributed by atoms with Crippen molar-refractivity contribution >= 4 is 53.8 Å². The standard InChI is InChI=1S/C50H66N4O14/c1-46(2,3)64-38(55)28-37(41(58)66-48(7,8)9)54(29-32-17-16-18-34(27-32)40(57)65-47(4,5)6)45(61)62-30-31-19-25-36(26-20-31)63-39(56)33-21-23-35(24-22-33)51-42(52-43(59)67-49(10,11)12)53-44(60)68-50(13,14)15/h16-27,37H,28-30H2,1-15H3,(H2,51,52,53,59,60). The number of carbonyl (C=O) groups is 7. The molecule has 0 saturated heterocycles. The van der Waals surface area contributed by atoms with E-state index in [0.29, 0.717) is 11.1 Å². The van der Waals surface area contributed by atoms with Gasteiger partial charge < -0.3 is 33.2 Å². The third-order valence-electron chi connectivity index (χ3n) is 8.06. The number of amides is 3. The van der Waals surface area contributed by atoms with Gasteiger partial charge in [-0.25, -0.2) is 33.8 Å². The van der Waals surface area contributed by atoms with E-state index in [2.05, 4.69) is 15.6 Å². The van der Waals surface area contributed by atoms with Crippen molar-refractivity contribution in [1.29, 1.82) is 0 Å². The van der Waals surface area contributed by atoms with Gasteiger partial charge in [0, 0.05) is 6.54 Å². The fourth-order valence-electron chi connectivity index (χ4n) is 5.60. The third-order valence-corrected chi connectivity index (χ3v) is 8.06. The van der Waals surface area contributed by atoms with Crippen LogP contribution < -0.4 is 15.4 Å². The van der Waals surface area contributed by atoms with Gasteiger partial charge in [-0.2, -0.15) is 0 Å². The molecular weight excluding hydrogens is 881 g/mol. The van der Waals surface area contributed by atoms with E-state index in [0.717, 1.165) is 4.90 Å². The van der Waals surface area contributed by atoms with E-state index in [1.807, 2.05) is 0 Å². The Bertz CT molecular complexity index is 2270. The van der Waals surface area contributed by atoms with Crippen molar-refractivity contribution in [1.82, 2.24) is 15.5 Å². The quantitative estimate of drug-likeness (QED) is 0.0567. The molecule has 3 aromatic carbocycles. The van der Waals surface area contributed by atoms with Gasteiger partial charge in [0.05, 0.1) is 23.2 Å². The SMILES string of the molecule is CC(C)(C)OC(=O)CC(C(=O)OC(C)(C)C)N(Cc1cccc(C(=O)OC(C)(C)C)c1)C(=O)OCc1ccc(OC(=O)c2ccc(N=C(NC(=O)OC(C)(C)C)NC(=O)OC(C)(C)C)cc2)cc1. The molecule has 0 fully saturated rings. The molecule has 18 nitrogen and oxygen atoms in total. The summed E-state index contributed by atoms with van der Waals surface area (Å²) in [5, 5.41) is 4.78. The zero-order chi connectivity index (χ0) is 51.4. The number of carbonyl (C=O) groups excluding carboxylic acids is 7. The van der Waals surface area contributed by atoms with Crippen molar-refractivity contribution in [2.75, 3.05) is 0 Å². The molecule has 68 heavy (non-hydrogen) atoms. The van der Waals surface area contributed by atoms with Crippen molar-refractivity contribution < 1.29 is 66.7 Å². The van der Waals surface area contributed by atoms with Gasteiger partial charge in [0.2, 0.25) is 5.96 Å². The third kappa shape index (κ3) is 21.1. The van der Waals surface area contributed by atoms with Gasteiger partial charge in [-0.1, -0.05) is 24.3 Å². The van der Waals surface area contributed by atoms with Crippen molar-refractivity contribution in [3.63, 3.8) is 0 Å². The smallest absolute Gasteiger partial charge is 0.414 e. The van der Waals surface area contributed by atoms with Gasteiger partial charge in [-0.3, -0.25) is 20.3 Å². The minimum Gasteiger partial charge on any atom is -0.460 e. The summed E-state index contributed by atoms with van der Waals surface area (Å²) in [6.45, 7) is 24.6. The van der Waals surface area contributed by atoms with Gasteiger partial charge in [0.25, 0.3) is 0 Å². The highest BCUT2D eigenvalue weighted by molar-refractivity contribution is 6.02. The molecule has 1 atom stereocenters. The fraction of sp³-hybridized carbons (Fsp3) is 0.480. The number of nitrogens with one attached hydrogen (secondary N) is 2. The Morgan fingerprint density at radius 3 is 1.57 bits per heavy atom. The number of hydrogen-bond acceptors (Lipinski definition) is 15. The molecule has 0 aromatic heterocycles. The molecule has 0 saturated carbocycles. The van der Waals surface area contributed by atoms with Gasteiger partial charge in [-0.05, 0) is 164 Å².